The van der Waals surface area contributed by atoms with E-state index in [2.05, 4.69) is 36.5 Å². The van der Waals surface area contributed by atoms with E-state index >= 15 is 0 Å². The van der Waals surface area contributed by atoms with Crippen LogP contribution in [0.5, 0.6) is 11.5 Å². The zero-order valence-corrected chi connectivity index (χ0v) is 17.8. The third-order valence-corrected chi connectivity index (χ3v) is 4.97. The topological polar surface area (TPSA) is 76.1 Å². The number of benzene rings is 1. The highest BCUT2D eigenvalue weighted by Gasteiger charge is 2.11. The van der Waals surface area contributed by atoms with E-state index < -0.39 is 0 Å². The number of ether oxygens (including phenoxy) is 1. The number of carbonyl (C=O) groups excluding carboxylic acids is 1. The van der Waals surface area contributed by atoms with Crippen molar-refractivity contribution in [2.75, 3.05) is 18.4 Å². The molecule has 2 heterocycles. The number of thiazole rings is 1. The van der Waals surface area contributed by atoms with E-state index in [1.54, 1.807) is 13.1 Å². The summed E-state index contributed by atoms with van der Waals surface area (Å²) < 4.78 is 6.80. The molecule has 0 amide bonds. The molecule has 0 bridgehead atoms. The van der Waals surface area contributed by atoms with Crippen molar-refractivity contribution >= 4 is 44.0 Å². The molecule has 146 valence electrons. The summed E-state index contributed by atoms with van der Waals surface area (Å²) in [4.78, 5) is 20.0. The van der Waals surface area contributed by atoms with Crippen molar-refractivity contribution in [1.82, 2.24) is 15.3 Å². The predicted molar refractivity (Wildman–Crippen MR) is 116 cm³/mol. The van der Waals surface area contributed by atoms with Crippen LogP contribution in [0.2, 0.25) is 0 Å². The van der Waals surface area contributed by atoms with Crippen LogP contribution in [0.25, 0.3) is 0 Å². The van der Waals surface area contributed by atoms with Gasteiger partial charge in [-0.25, -0.2) is 9.97 Å². The van der Waals surface area contributed by atoms with Crippen molar-refractivity contribution in [3.05, 3.63) is 58.1 Å². The first-order chi connectivity index (χ1) is 13.6. The maximum Gasteiger partial charge on any atom is 0.188 e. The van der Waals surface area contributed by atoms with Gasteiger partial charge in [0.25, 0.3) is 0 Å². The number of Topliss-reactive ketones (excluding diaryl/α,β-unsaturated/α-hetero) is 1. The van der Waals surface area contributed by atoms with Gasteiger partial charge in [-0.3, -0.25) is 4.79 Å². The highest BCUT2D eigenvalue weighted by atomic mass is 79.9. The fraction of sp³-hybridized carbons (Fsp3) is 0.250. The number of nitrogens with one attached hydrogen (secondary N) is 2. The summed E-state index contributed by atoms with van der Waals surface area (Å²) >= 11 is 4.97. The largest absolute Gasteiger partial charge is 0.453 e. The minimum Gasteiger partial charge on any atom is -0.453 e. The minimum atomic E-state index is 0.149. The molecule has 0 fully saturated rings. The Morgan fingerprint density at radius 2 is 2.11 bits per heavy atom. The molecule has 6 nitrogen and oxygen atoms in total. The average molecular weight is 461 g/mol. The van der Waals surface area contributed by atoms with Crippen molar-refractivity contribution in [3.8, 4) is 11.5 Å². The number of nitrogens with zero attached hydrogens (tertiary/aromatic N) is 2. The first-order valence-corrected chi connectivity index (χ1v) is 10.6. The molecule has 0 aliphatic carbocycles. The number of pyridine rings is 1. The van der Waals surface area contributed by atoms with E-state index in [0.29, 0.717) is 18.1 Å². The van der Waals surface area contributed by atoms with Gasteiger partial charge in [-0.05, 0) is 54.4 Å². The summed E-state index contributed by atoms with van der Waals surface area (Å²) in [5.41, 5.74) is 1.01. The van der Waals surface area contributed by atoms with E-state index in [0.717, 1.165) is 40.4 Å². The molecule has 2 aromatic heterocycles. The zero-order valence-electron chi connectivity index (χ0n) is 15.4. The number of anilines is 2. The Morgan fingerprint density at radius 1 is 1.29 bits per heavy atom. The lowest BCUT2D eigenvalue weighted by atomic mass is 10.2. The summed E-state index contributed by atoms with van der Waals surface area (Å²) in [5, 5.41) is 9.16. The van der Waals surface area contributed by atoms with Gasteiger partial charge in [-0.1, -0.05) is 18.2 Å². The molecule has 1 aromatic carbocycles. The summed E-state index contributed by atoms with van der Waals surface area (Å²) in [6.07, 6.45) is 3.50. The van der Waals surface area contributed by atoms with Crippen LogP contribution in [-0.4, -0.2) is 28.8 Å². The first-order valence-electron chi connectivity index (χ1n) is 8.90. The molecule has 3 aromatic rings. The SMILES string of the molecule is CC(=O)CNCCCc1csc(Nc2ncc(Br)cc2Oc2ccccc2)n1. The van der Waals surface area contributed by atoms with Crippen molar-refractivity contribution < 1.29 is 9.53 Å². The molecular weight excluding hydrogens is 440 g/mol. The monoisotopic (exact) mass is 460 g/mol. The molecule has 0 spiro atoms. The molecule has 0 aliphatic rings. The number of hydrogen-bond acceptors (Lipinski definition) is 7. The van der Waals surface area contributed by atoms with E-state index in [9.17, 15) is 4.79 Å². The van der Waals surface area contributed by atoms with Gasteiger partial charge < -0.3 is 15.4 Å². The second-order valence-electron chi connectivity index (χ2n) is 6.17. The number of aromatic nitrogens is 2. The predicted octanol–water partition coefficient (Wildman–Crippen LogP) is 4.95. The smallest absolute Gasteiger partial charge is 0.188 e. The second-order valence-corrected chi connectivity index (χ2v) is 7.94. The Balaban J connectivity index is 1.61. The Hall–Kier alpha value is -2.29. The average Bonchev–Trinajstić information content (AvgIpc) is 3.12. The number of halogens is 1. The maximum atomic E-state index is 10.9. The van der Waals surface area contributed by atoms with Crippen molar-refractivity contribution in [2.45, 2.75) is 19.8 Å². The summed E-state index contributed by atoms with van der Waals surface area (Å²) in [6, 6.07) is 11.5. The van der Waals surface area contributed by atoms with Gasteiger partial charge in [0.1, 0.15) is 11.5 Å². The Bertz CT molecular complexity index is 918. The highest BCUT2D eigenvalue weighted by molar-refractivity contribution is 9.10. The molecule has 28 heavy (non-hydrogen) atoms. The molecular formula is C20H21BrN4O2S. The van der Waals surface area contributed by atoms with Crippen molar-refractivity contribution in [2.24, 2.45) is 0 Å². The van der Waals surface area contributed by atoms with Gasteiger partial charge in [0.2, 0.25) is 0 Å². The molecule has 0 atom stereocenters. The Morgan fingerprint density at radius 3 is 2.89 bits per heavy atom. The quantitative estimate of drug-likeness (QED) is 0.417. The molecule has 0 radical (unpaired) electrons. The van der Waals surface area contributed by atoms with Gasteiger partial charge >= 0.3 is 0 Å². The minimum absolute atomic E-state index is 0.149. The Labute approximate surface area is 176 Å². The standard InChI is InChI=1S/C20H21BrN4O2S/c1-14(26)11-22-9-5-6-16-13-28-20(24-16)25-19-18(10-15(21)12-23-19)27-17-7-3-2-4-8-17/h2-4,7-8,10,12-13,22H,5-6,9,11H2,1H3,(H,23,24,25). The van der Waals surface area contributed by atoms with Crippen LogP contribution in [0.4, 0.5) is 10.9 Å². The molecule has 0 unspecified atom stereocenters. The third-order valence-electron chi connectivity index (χ3n) is 3.73. The van der Waals surface area contributed by atoms with Gasteiger partial charge in [0.15, 0.2) is 16.7 Å². The number of aryl methyl sites for hydroxylation is 1. The summed E-state index contributed by atoms with van der Waals surface area (Å²) in [6.45, 7) is 2.80. The molecule has 2 N–H and O–H groups in total. The molecule has 3 rings (SSSR count). The van der Waals surface area contributed by atoms with Crippen molar-refractivity contribution in [3.63, 3.8) is 0 Å². The normalized spacial score (nSPS) is 10.6. The molecule has 0 aliphatic heterocycles. The number of hydrogen-bond donors (Lipinski definition) is 2. The molecule has 0 saturated heterocycles. The van der Waals surface area contributed by atoms with E-state index in [4.69, 9.17) is 4.74 Å². The van der Waals surface area contributed by atoms with Crippen LogP contribution in [0.1, 0.15) is 19.0 Å². The van der Waals surface area contributed by atoms with Crippen LogP contribution < -0.4 is 15.4 Å². The summed E-state index contributed by atoms with van der Waals surface area (Å²) in [5.74, 6) is 2.11. The third kappa shape index (κ3) is 6.40. The van der Waals surface area contributed by atoms with Crippen LogP contribution >= 0.6 is 27.3 Å². The highest BCUT2D eigenvalue weighted by Crippen LogP contribution is 2.33. The van der Waals surface area contributed by atoms with Crippen LogP contribution in [0.3, 0.4) is 0 Å². The number of carbonyl (C=O) groups is 1. The van der Waals surface area contributed by atoms with Crippen LogP contribution in [0, 0.1) is 0 Å². The molecule has 8 heteroatoms. The van der Waals surface area contributed by atoms with Gasteiger partial charge in [0, 0.05) is 22.1 Å². The number of para-hydroxylation sites is 1. The lowest BCUT2D eigenvalue weighted by Gasteiger charge is -2.11. The fourth-order valence-electron chi connectivity index (χ4n) is 2.45. The van der Waals surface area contributed by atoms with Crippen LogP contribution in [-0.2, 0) is 11.2 Å². The van der Waals surface area contributed by atoms with Crippen molar-refractivity contribution in [1.29, 1.82) is 0 Å². The van der Waals surface area contributed by atoms with Gasteiger partial charge in [-0.15, -0.1) is 11.3 Å². The van der Waals surface area contributed by atoms with E-state index in [1.165, 1.54) is 11.3 Å². The lowest BCUT2D eigenvalue weighted by Crippen LogP contribution is -2.22. The van der Waals surface area contributed by atoms with Gasteiger partial charge in [-0.2, -0.15) is 0 Å². The van der Waals surface area contributed by atoms with E-state index in [-0.39, 0.29) is 5.78 Å². The zero-order chi connectivity index (χ0) is 19.8. The number of ketones is 1. The maximum absolute atomic E-state index is 10.9. The lowest BCUT2D eigenvalue weighted by molar-refractivity contribution is -0.116. The second kappa shape index (κ2) is 10.3. The number of rotatable bonds is 10. The van der Waals surface area contributed by atoms with Gasteiger partial charge in [0.05, 0.1) is 12.2 Å². The first kappa shape index (κ1) is 20.4. The Kier molecular flexibility index (Phi) is 7.53. The summed E-state index contributed by atoms with van der Waals surface area (Å²) in [7, 11) is 0. The molecule has 0 saturated carbocycles. The fourth-order valence-corrected chi connectivity index (χ4v) is 3.50. The van der Waals surface area contributed by atoms with E-state index in [1.807, 2.05) is 41.8 Å². The van der Waals surface area contributed by atoms with Crippen LogP contribution in [0.15, 0.2) is 52.4 Å².